The van der Waals surface area contributed by atoms with Crippen molar-refractivity contribution in [2.24, 2.45) is 0 Å². The minimum Gasteiger partial charge on any atom is -0.465 e. The van der Waals surface area contributed by atoms with Gasteiger partial charge in [-0.3, -0.25) is 24.8 Å². The highest BCUT2D eigenvalue weighted by Gasteiger charge is 2.40. The van der Waals surface area contributed by atoms with E-state index in [9.17, 15) is 14.4 Å². The van der Waals surface area contributed by atoms with Crippen LogP contribution in [0.5, 0.6) is 0 Å². The number of methoxy groups -OCH3 is 1. The van der Waals surface area contributed by atoms with E-state index < -0.39 is 11.5 Å². The molecule has 0 aliphatic carbocycles. The average molecular weight is 291 g/mol. The quantitative estimate of drug-likeness (QED) is 0.628. The molecule has 1 N–H and O–H groups in total. The van der Waals surface area contributed by atoms with Gasteiger partial charge in [-0.1, -0.05) is 0 Å². The molecule has 7 nitrogen and oxygen atoms in total. The molecular formula is C14H17N3O4. The molecule has 21 heavy (non-hydrogen) atoms. The monoisotopic (exact) mass is 291 g/mol. The summed E-state index contributed by atoms with van der Waals surface area (Å²) in [4.78, 5) is 40.6. The Bertz CT molecular complexity index is 580. The van der Waals surface area contributed by atoms with Gasteiger partial charge in [0.1, 0.15) is 0 Å². The zero-order valence-corrected chi connectivity index (χ0v) is 12.2. The van der Waals surface area contributed by atoms with Gasteiger partial charge in [-0.2, -0.15) is 0 Å². The standard InChI is InChI=1S/C14H17N3O4/c1-14(2)13(20)16-11(18)8-17(14)7-10-5-4-9(6-15-10)12(19)21-3/h4-6H,7-8H2,1-3H3,(H,16,18,20). The predicted octanol–water partition coefficient (Wildman–Crippen LogP) is 0.105. The van der Waals surface area contributed by atoms with E-state index in [0.29, 0.717) is 17.8 Å². The number of piperazine rings is 1. The number of nitrogens with zero attached hydrogens (tertiary/aromatic N) is 2. The molecule has 0 aromatic carbocycles. The van der Waals surface area contributed by atoms with Gasteiger partial charge in [0.2, 0.25) is 11.8 Å². The fourth-order valence-corrected chi connectivity index (χ4v) is 2.04. The van der Waals surface area contributed by atoms with Gasteiger partial charge in [-0.05, 0) is 26.0 Å². The molecule has 0 unspecified atom stereocenters. The third kappa shape index (κ3) is 3.08. The summed E-state index contributed by atoms with van der Waals surface area (Å²) >= 11 is 0. The first-order chi connectivity index (χ1) is 9.84. The second-order valence-corrected chi connectivity index (χ2v) is 5.32. The van der Waals surface area contributed by atoms with Crippen molar-refractivity contribution in [1.82, 2.24) is 15.2 Å². The number of pyridine rings is 1. The van der Waals surface area contributed by atoms with Crippen LogP contribution in [0.25, 0.3) is 0 Å². The van der Waals surface area contributed by atoms with E-state index in [0.717, 1.165) is 0 Å². The molecule has 1 aromatic heterocycles. The van der Waals surface area contributed by atoms with E-state index in [-0.39, 0.29) is 18.4 Å². The maximum absolute atomic E-state index is 11.9. The number of amides is 2. The molecule has 0 spiro atoms. The van der Waals surface area contributed by atoms with Crippen LogP contribution in [0.4, 0.5) is 0 Å². The molecule has 1 aliphatic rings. The number of ether oxygens (including phenoxy) is 1. The summed E-state index contributed by atoms with van der Waals surface area (Å²) in [6, 6.07) is 3.28. The molecule has 0 radical (unpaired) electrons. The highest BCUT2D eigenvalue weighted by atomic mass is 16.5. The Morgan fingerprint density at radius 1 is 1.43 bits per heavy atom. The second-order valence-electron chi connectivity index (χ2n) is 5.32. The lowest BCUT2D eigenvalue weighted by Gasteiger charge is -2.39. The van der Waals surface area contributed by atoms with Crippen LogP contribution in [0.2, 0.25) is 0 Å². The average Bonchev–Trinajstić information content (AvgIpc) is 2.45. The molecule has 1 aromatic rings. The van der Waals surface area contributed by atoms with Crippen LogP contribution in [0, 0.1) is 0 Å². The van der Waals surface area contributed by atoms with Crippen LogP contribution in [-0.4, -0.2) is 46.9 Å². The summed E-state index contributed by atoms with van der Waals surface area (Å²) in [6.07, 6.45) is 1.42. The minimum atomic E-state index is -0.795. The number of rotatable bonds is 3. The van der Waals surface area contributed by atoms with Gasteiger partial charge in [0.05, 0.1) is 30.5 Å². The molecule has 1 fully saturated rings. The highest BCUT2D eigenvalue weighted by molar-refractivity contribution is 6.02. The lowest BCUT2D eigenvalue weighted by atomic mass is 9.98. The second kappa shape index (κ2) is 5.61. The van der Waals surface area contributed by atoms with Crippen molar-refractivity contribution in [3.05, 3.63) is 29.6 Å². The van der Waals surface area contributed by atoms with Gasteiger partial charge in [-0.15, -0.1) is 0 Å². The van der Waals surface area contributed by atoms with Crippen LogP contribution in [-0.2, 0) is 20.9 Å². The Morgan fingerprint density at radius 2 is 2.14 bits per heavy atom. The molecule has 0 atom stereocenters. The Hall–Kier alpha value is -2.28. The van der Waals surface area contributed by atoms with Crippen LogP contribution in [0.1, 0.15) is 29.9 Å². The van der Waals surface area contributed by atoms with E-state index in [4.69, 9.17) is 0 Å². The van der Waals surface area contributed by atoms with Gasteiger partial charge < -0.3 is 4.74 Å². The van der Waals surface area contributed by atoms with Crippen molar-refractivity contribution in [3.63, 3.8) is 0 Å². The van der Waals surface area contributed by atoms with Crippen molar-refractivity contribution in [2.75, 3.05) is 13.7 Å². The van der Waals surface area contributed by atoms with Crippen LogP contribution < -0.4 is 5.32 Å². The highest BCUT2D eigenvalue weighted by Crippen LogP contribution is 2.20. The molecule has 1 aliphatic heterocycles. The number of imide groups is 1. The summed E-state index contributed by atoms with van der Waals surface area (Å²) in [7, 11) is 1.30. The van der Waals surface area contributed by atoms with E-state index in [1.165, 1.54) is 13.3 Å². The lowest BCUT2D eigenvalue weighted by molar-refractivity contribution is -0.145. The van der Waals surface area contributed by atoms with Crippen molar-refractivity contribution in [1.29, 1.82) is 0 Å². The fourth-order valence-electron chi connectivity index (χ4n) is 2.04. The van der Waals surface area contributed by atoms with Crippen molar-refractivity contribution in [2.45, 2.75) is 25.9 Å². The van der Waals surface area contributed by atoms with Gasteiger partial charge in [-0.25, -0.2) is 4.79 Å². The lowest BCUT2D eigenvalue weighted by Crippen LogP contribution is -2.63. The van der Waals surface area contributed by atoms with E-state index in [1.807, 2.05) is 0 Å². The Labute approximate surface area is 122 Å². The predicted molar refractivity (Wildman–Crippen MR) is 73.2 cm³/mol. The smallest absolute Gasteiger partial charge is 0.339 e. The first-order valence-electron chi connectivity index (χ1n) is 6.47. The largest absolute Gasteiger partial charge is 0.465 e. The Balaban J connectivity index is 2.15. The Morgan fingerprint density at radius 3 is 2.71 bits per heavy atom. The summed E-state index contributed by atoms with van der Waals surface area (Å²) in [5, 5.41) is 2.32. The number of hydrogen-bond donors (Lipinski definition) is 1. The first kappa shape index (κ1) is 15.1. The van der Waals surface area contributed by atoms with Crippen molar-refractivity contribution >= 4 is 17.8 Å². The third-order valence-electron chi connectivity index (χ3n) is 3.53. The van der Waals surface area contributed by atoms with Crippen LogP contribution in [0.15, 0.2) is 18.3 Å². The van der Waals surface area contributed by atoms with Gasteiger partial charge >= 0.3 is 5.97 Å². The molecule has 0 saturated carbocycles. The van der Waals surface area contributed by atoms with E-state index in [1.54, 1.807) is 30.9 Å². The molecule has 2 amide bonds. The first-order valence-corrected chi connectivity index (χ1v) is 6.47. The number of nitrogens with one attached hydrogen (secondary N) is 1. The molecule has 2 rings (SSSR count). The molecular weight excluding hydrogens is 274 g/mol. The van der Waals surface area contributed by atoms with Gasteiger partial charge in [0, 0.05) is 12.7 Å². The van der Waals surface area contributed by atoms with Gasteiger partial charge in [0.25, 0.3) is 0 Å². The molecule has 2 heterocycles. The van der Waals surface area contributed by atoms with E-state index in [2.05, 4.69) is 15.0 Å². The van der Waals surface area contributed by atoms with Crippen LogP contribution in [0.3, 0.4) is 0 Å². The number of esters is 1. The topological polar surface area (TPSA) is 88.6 Å². The maximum atomic E-state index is 11.9. The zero-order chi connectivity index (χ0) is 15.6. The summed E-state index contributed by atoms with van der Waals surface area (Å²) in [6.45, 7) is 3.96. The minimum absolute atomic E-state index is 0.124. The number of aromatic nitrogens is 1. The molecule has 0 bridgehead atoms. The number of hydrogen-bond acceptors (Lipinski definition) is 6. The summed E-state index contributed by atoms with van der Waals surface area (Å²) in [5.74, 6) is -1.11. The fraction of sp³-hybridized carbons (Fsp3) is 0.429. The Kier molecular flexibility index (Phi) is 4.04. The molecule has 1 saturated heterocycles. The molecule has 112 valence electrons. The van der Waals surface area contributed by atoms with Crippen molar-refractivity contribution in [3.8, 4) is 0 Å². The number of carbonyl (C=O) groups excluding carboxylic acids is 3. The summed E-state index contributed by atoms with van der Waals surface area (Å²) < 4.78 is 4.60. The third-order valence-corrected chi connectivity index (χ3v) is 3.53. The summed E-state index contributed by atoms with van der Waals surface area (Å²) in [5.41, 5.74) is 0.225. The molecule has 7 heteroatoms. The number of carbonyl (C=O) groups is 3. The van der Waals surface area contributed by atoms with Crippen molar-refractivity contribution < 1.29 is 19.1 Å². The maximum Gasteiger partial charge on any atom is 0.339 e. The SMILES string of the molecule is COC(=O)c1ccc(CN2CC(=O)NC(=O)C2(C)C)nc1. The van der Waals surface area contributed by atoms with Gasteiger partial charge in [0.15, 0.2) is 0 Å². The zero-order valence-electron chi connectivity index (χ0n) is 12.2. The normalized spacial score (nSPS) is 18.2. The van der Waals surface area contributed by atoms with Crippen LogP contribution >= 0.6 is 0 Å². The van der Waals surface area contributed by atoms with E-state index >= 15 is 0 Å².